The highest BCUT2D eigenvalue weighted by atomic mass is 19.2. The van der Waals surface area contributed by atoms with E-state index >= 15 is 0 Å². The van der Waals surface area contributed by atoms with Crippen molar-refractivity contribution >= 4 is 0 Å². The van der Waals surface area contributed by atoms with E-state index in [9.17, 15) is 13.2 Å². The van der Waals surface area contributed by atoms with Gasteiger partial charge < -0.3 is 5.73 Å². The van der Waals surface area contributed by atoms with Crippen LogP contribution in [0.4, 0.5) is 13.2 Å². The molecule has 0 fully saturated rings. The molecule has 1 atom stereocenters. The molecule has 0 saturated heterocycles. The summed E-state index contributed by atoms with van der Waals surface area (Å²) in [6.45, 7) is 2.06. The molecule has 0 aliphatic carbocycles. The number of alkyl halides is 1. The molecule has 1 aromatic rings. The molecule has 0 heterocycles. The molecule has 0 aromatic heterocycles. The van der Waals surface area contributed by atoms with E-state index in [0.717, 1.165) is 13.0 Å². The van der Waals surface area contributed by atoms with E-state index < -0.39 is 29.4 Å². The van der Waals surface area contributed by atoms with Crippen LogP contribution in [-0.2, 0) is 5.67 Å². The number of halogens is 3. The van der Waals surface area contributed by atoms with Gasteiger partial charge >= 0.3 is 0 Å². The molecule has 1 rings (SSSR count). The summed E-state index contributed by atoms with van der Waals surface area (Å²) in [7, 11) is 0. The van der Waals surface area contributed by atoms with E-state index in [0.29, 0.717) is 0 Å². The Labute approximate surface area is 80.7 Å². The zero-order valence-corrected chi connectivity index (χ0v) is 8.07. The molecular formula is C10H12F3N. The fraction of sp³-hybridized carbons (Fsp3) is 0.400. The van der Waals surface area contributed by atoms with Gasteiger partial charge in [-0.3, -0.25) is 0 Å². The minimum Gasteiger partial charge on any atom is -0.327 e. The Kier molecular flexibility index (Phi) is 2.85. The molecule has 0 aliphatic rings. The van der Waals surface area contributed by atoms with Crippen molar-refractivity contribution in [3.8, 4) is 0 Å². The average Bonchev–Trinajstić information content (AvgIpc) is 2.12. The molecule has 14 heavy (non-hydrogen) atoms. The normalized spacial score (nSPS) is 15.3. The maximum Gasteiger partial charge on any atom is 0.151 e. The molecule has 0 radical (unpaired) electrons. The maximum absolute atomic E-state index is 13.6. The van der Waals surface area contributed by atoms with E-state index in [-0.39, 0.29) is 5.56 Å². The van der Waals surface area contributed by atoms with Crippen LogP contribution in [0.2, 0.25) is 0 Å². The van der Waals surface area contributed by atoms with Crippen LogP contribution in [0.25, 0.3) is 0 Å². The third-order valence-electron chi connectivity index (χ3n) is 2.19. The lowest BCUT2D eigenvalue weighted by atomic mass is 9.95. The van der Waals surface area contributed by atoms with Gasteiger partial charge in [0.1, 0.15) is 11.6 Å². The van der Waals surface area contributed by atoms with Crippen molar-refractivity contribution in [1.29, 1.82) is 0 Å². The Balaban J connectivity index is 3.40. The Morgan fingerprint density at radius 3 is 2.43 bits per heavy atom. The highest BCUT2D eigenvalue weighted by molar-refractivity contribution is 5.31. The predicted octanol–water partition coefficient (Wildman–Crippen LogP) is 2.42. The van der Waals surface area contributed by atoms with Crippen molar-refractivity contribution in [3.05, 3.63) is 34.9 Å². The van der Waals surface area contributed by atoms with Crippen molar-refractivity contribution in [2.45, 2.75) is 19.5 Å². The SMILES string of the molecule is Cc1ccc(F)c(C(C)(F)CN)c1F. The topological polar surface area (TPSA) is 26.0 Å². The van der Waals surface area contributed by atoms with Crippen molar-refractivity contribution in [1.82, 2.24) is 0 Å². The summed E-state index contributed by atoms with van der Waals surface area (Å²) in [4.78, 5) is 0. The van der Waals surface area contributed by atoms with Gasteiger partial charge in [-0.2, -0.15) is 0 Å². The molecule has 0 aliphatic heterocycles. The van der Waals surface area contributed by atoms with Crippen molar-refractivity contribution in [3.63, 3.8) is 0 Å². The Hall–Kier alpha value is -1.03. The second-order valence-electron chi connectivity index (χ2n) is 3.45. The van der Waals surface area contributed by atoms with Gasteiger partial charge in [-0.25, -0.2) is 13.2 Å². The van der Waals surface area contributed by atoms with Crippen LogP contribution in [0.3, 0.4) is 0 Å². The zero-order valence-electron chi connectivity index (χ0n) is 8.07. The molecule has 1 aromatic carbocycles. The van der Waals surface area contributed by atoms with Crippen LogP contribution in [0.15, 0.2) is 12.1 Å². The van der Waals surface area contributed by atoms with E-state index in [2.05, 4.69) is 0 Å². The lowest BCUT2D eigenvalue weighted by molar-refractivity contribution is 0.188. The fourth-order valence-corrected chi connectivity index (χ4v) is 1.24. The molecule has 0 bridgehead atoms. The second kappa shape index (κ2) is 3.61. The van der Waals surface area contributed by atoms with Gasteiger partial charge in [-0.1, -0.05) is 6.07 Å². The van der Waals surface area contributed by atoms with Crippen molar-refractivity contribution in [2.75, 3.05) is 6.54 Å². The quantitative estimate of drug-likeness (QED) is 0.784. The minimum absolute atomic E-state index is 0.207. The smallest absolute Gasteiger partial charge is 0.151 e. The number of hydrogen-bond donors (Lipinski definition) is 1. The molecule has 0 spiro atoms. The summed E-state index contributed by atoms with van der Waals surface area (Å²) in [6, 6.07) is 2.31. The maximum atomic E-state index is 13.6. The fourth-order valence-electron chi connectivity index (χ4n) is 1.24. The Morgan fingerprint density at radius 2 is 1.93 bits per heavy atom. The molecule has 0 amide bonds. The summed E-state index contributed by atoms with van der Waals surface area (Å²) >= 11 is 0. The van der Waals surface area contributed by atoms with Crippen LogP contribution in [0.1, 0.15) is 18.1 Å². The largest absolute Gasteiger partial charge is 0.327 e. The number of nitrogens with two attached hydrogens (primary N) is 1. The number of hydrogen-bond acceptors (Lipinski definition) is 1. The monoisotopic (exact) mass is 203 g/mol. The van der Waals surface area contributed by atoms with Gasteiger partial charge in [-0.05, 0) is 25.5 Å². The number of rotatable bonds is 2. The van der Waals surface area contributed by atoms with Gasteiger partial charge in [-0.15, -0.1) is 0 Å². The van der Waals surface area contributed by atoms with Crippen molar-refractivity contribution in [2.24, 2.45) is 5.73 Å². The first kappa shape index (κ1) is 11.0. The van der Waals surface area contributed by atoms with E-state index in [1.54, 1.807) is 0 Å². The van der Waals surface area contributed by atoms with Crippen LogP contribution in [0, 0.1) is 18.6 Å². The highest BCUT2D eigenvalue weighted by Crippen LogP contribution is 2.30. The number of aryl methyl sites for hydroxylation is 1. The van der Waals surface area contributed by atoms with E-state index in [1.807, 2.05) is 0 Å². The first-order valence-electron chi connectivity index (χ1n) is 4.24. The number of benzene rings is 1. The lowest BCUT2D eigenvalue weighted by Crippen LogP contribution is -2.29. The van der Waals surface area contributed by atoms with Crippen molar-refractivity contribution < 1.29 is 13.2 Å². The van der Waals surface area contributed by atoms with E-state index in [4.69, 9.17) is 5.73 Å². The third-order valence-corrected chi connectivity index (χ3v) is 2.19. The molecule has 0 saturated carbocycles. The zero-order chi connectivity index (χ0) is 10.9. The van der Waals surface area contributed by atoms with Crippen LogP contribution in [0.5, 0.6) is 0 Å². The van der Waals surface area contributed by atoms with Gasteiger partial charge in [0.15, 0.2) is 5.67 Å². The molecular weight excluding hydrogens is 191 g/mol. The molecule has 1 nitrogen and oxygen atoms in total. The molecule has 2 N–H and O–H groups in total. The van der Waals surface area contributed by atoms with Gasteiger partial charge in [0.25, 0.3) is 0 Å². The first-order valence-corrected chi connectivity index (χ1v) is 4.24. The van der Waals surface area contributed by atoms with Crippen LogP contribution in [-0.4, -0.2) is 6.54 Å². The summed E-state index contributed by atoms with van der Waals surface area (Å²) in [5, 5.41) is 0. The summed E-state index contributed by atoms with van der Waals surface area (Å²) in [6.07, 6.45) is 0. The van der Waals surface area contributed by atoms with Gasteiger partial charge in [0.05, 0.1) is 5.56 Å². The third kappa shape index (κ3) is 1.75. The summed E-state index contributed by atoms with van der Waals surface area (Å²) in [5.41, 5.74) is 2.58. The lowest BCUT2D eigenvalue weighted by Gasteiger charge is -2.20. The minimum atomic E-state index is -2.17. The predicted molar refractivity (Wildman–Crippen MR) is 48.6 cm³/mol. The Bertz CT molecular complexity index is 347. The second-order valence-corrected chi connectivity index (χ2v) is 3.45. The van der Waals surface area contributed by atoms with Crippen LogP contribution >= 0.6 is 0 Å². The highest BCUT2D eigenvalue weighted by Gasteiger charge is 2.31. The Morgan fingerprint density at radius 1 is 1.36 bits per heavy atom. The summed E-state index contributed by atoms with van der Waals surface area (Å²) in [5.74, 6) is -1.76. The molecule has 78 valence electrons. The van der Waals surface area contributed by atoms with Gasteiger partial charge in [0, 0.05) is 6.54 Å². The molecule has 1 unspecified atom stereocenters. The first-order chi connectivity index (χ1) is 6.40. The average molecular weight is 203 g/mol. The van der Waals surface area contributed by atoms with Gasteiger partial charge in [0.2, 0.25) is 0 Å². The molecule has 4 heteroatoms. The standard InChI is InChI=1S/C10H12F3N/c1-6-3-4-7(11)8(9(6)12)10(2,13)5-14/h3-4H,5,14H2,1-2H3. The summed E-state index contributed by atoms with van der Waals surface area (Å²) < 4.78 is 40.2. The van der Waals surface area contributed by atoms with Crippen LogP contribution < -0.4 is 5.73 Å². The van der Waals surface area contributed by atoms with E-state index in [1.165, 1.54) is 13.0 Å².